The lowest BCUT2D eigenvalue weighted by Gasteiger charge is -2.32. The van der Waals surface area contributed by atoms with Gasteiger partial charge in [0, 0.05) is 37.1 Å². The van der Waals surface area contributed by atoms with Gasteiger partial charge in [0.05, 0.1) is 0 Å². The summed E-state index contributed by atoms with van der Waals surface area (Å²) in [6, 6.07) is 4.09. The second-order valence-corrected chi connectivity index (χ2v) is 8.28. The van der Waals surface area contributed by atoms with Gasteiger partial charge < -0.3 is 4.90 Å². The summed E-state index contributed by atoms with van der Waals surface area (Å²) < 4.78 is 0. The van der Waals surface area contributed by atoms with E-state index in [9.17, 15) is 4.79 Å². The maximum absolute atomic E-state index is 12.9. The molecule has 2 aliphatic heterocycles. The second-order valence-electron chi connectivity index (χ2n) is 7.50. The van der Waals surface area contributed by atoms with Crippen LogP contribution >= 0.6 is 11.3 Å². The van der Waals surface area contributed by atoms with Crippen molar-refractivity contribution >= 4 is 17.2 Å². The number of rotatable bonds is 3. The van der Waals surface area contributed by atoms with Crippen LogP contribution in [0.2, 0.25) is 0 Å². The number of hydrogen-bond donors (Lipinski definition) is 0. The summed E-state index contributed by atoms with van der Waals surface area (Å²) >= 11 is 1.74. The highest BCUT2D eigenvalue weighted by atomic mass is 32.1. The van der Waals surface area contributed by atoms with Gasteiger partial charge in [-0.25, -0.2) is 0 Å². The number of amides is 1. The van der Waals surface area contributed by atoms with Crippen LogP contribution in [0, 0.1) is 5.92 Å². The van der Waals surface area contributed by atoms with Crippen molar-refractivity contribution in [3.63, 3.8) is 0 Å². The van der Waals surface area contributed by atoms with Crippen LogP contribution in [-0.4, -0.2) is 46.9 Å². The monoisotopic (exact) mass is 318 g/mol. The Morgan fingerprint density at radius 2 is 2.09 bits per heavy atom. The van der Waals surface area contributed by atoms with Crippen molar-refractivity contribution in [2.24, 2.45) is 5.92 Å². The van der Waals surface area contributed by atoms with Crippen molar-refractivity contribution in [2.45, 2.75) is 63.6 Å². The zero-order chi connectivity index (χ0) is 15.3. The van der Waals surface area contributed by atoms with Crippen LogP contribution < -0.4 is 0 Å². The van der Waals surface area contributed by atoms with E-state index in [0.717, 1.165) is 25.9 Å². The molecule has 2 saturated heterocycles. The Kier molecular flexibility index (Phi) is 3.77. The lowest BCUT2D eigenvalue weighted by atomic mass is 10.1. The van der Waals surface area contributed by atoms with Crippen molar-refractivity contribution in [3.8, 4) is 0 Å². The fourth-order valence-electron chi connectivity index (χ4n) is 4.71. The molecule has 3 fully saturated rings. The van der Waals surface area contributed by atoms with Crippen molar-refractivity contribution in [2.75, 3.05) is 13.1 Å². The first kappa shape index (κ1) is 14.7. The average Bonchev–Trinajstić information content (AvgIpc) is 2.94. The molecule has 1 saturated carbocycles. The number of likely N-dealkylation sites (tertiary alicyclic amines) is 1. The maximum atomic E-state index is 12.9. The molecule has 1 aromatic rings. The van der Waals surface area contributed by atoms with Crippen LogP contribution in [0.3, 0.4) is 0 Å². The van der Waals surface area contributed by atoms with Crippen molar-refractivity contribution < 1.29 is 4.79 Å². The van der Waals surface area contributed by atoms with Gasteiger partial charge in [-0.3, -0.25) is 9.69 Å². The first-order valence-electron chi connectivity index (χ1n) is 8.73. The van der Waals surface area contributed by atoms with Gasteiger partial charge in [-0.1, -0.05) is 0 Å². The molecular formula is C18H26N2OS. The average molecular weight is 318 g/mol. The summed E-state index contributed by atoms with van der Waals surface area (Å²) in [5.41, 5.74) is 1.38. The molecule has 120 valence electrons. The molecule has 2 unspecified atom stereocenters. The molecule has 0 N–H and O–H groups in total. The summed E-state index contributed by atoms with van der Waals surface area (Å²) in [5, 5.41) is 4.34. The van der Waals surface area contributed by atoms with E-state index in [1.54, 1.807) is 11.3 Å². The molecule has 1 amide bonds. The Morgan fingerprint density at radius 3 is 2.82 bits per heavy atom. The highest BCUT2D eigenvalue weighted by Crippen LogP contribution is 2.49. The Bertz CT molecular complexity index is 541. The molecule has 4 heteroatoms. The van der Waals surface area contributed by atoms with E-state index in [2.05, 4.69) is 40.5 Å². The molecule has 4 rings (SSSR count). The predicted octanol–water partition coefficient (Wildman–Crippen LogP) is 3.33. The molecule has 0 spiro atoms. The van der Waals surface area contributed by atoms with E-state index in [1.807, 2.05) is 0 Å². The first-order valence-corrected chi connectivity index (χ1v) is 9.67. The van der Waals surface area contributed by atoms with Crippen LogP contribution in [-0.2, 0) is 4.79 Å². The summed E-state index contributed by atoms with van der Waals surface area (Å²) in [5.74, 6) is 1.19. The third kappa shape index (κ3) is 2.50. The summed E-state index contributed by atoms with van der Waals surface area (Å²) in [6.07, 6.45) is 4.82. The molecule has 1 aromatic heterocycles. The summed E-state index contributed by atoms with van der Waals surface area (Å²) in [7, 11) is 0. The molecular weight excluding hydrogens is 292 g/mol. The minimum absolute atomic E-state index is 0.263. The van der Waals surface area contributed by atoms with E-state index < -0.39 is 0 Å². The highest BCUT2D eigenvalue weighted by Gasteiger charge is 2.48. The van der Waals surface area contributed by atoms with Crippen molar-refractivity contribution in [1.82, 2.24) is 9.80 Å². The topological polar surface area (TPSA) is 23.6 Å². The van der Waals surface area contributed by atoms with E-state index >= 15 is 0 Å². The second kappa shape index (κ2) is 5.64. The van der Waals surface area contributed by atoms with E-state index in [-0.39, 0.29) is 5.92 Å². The van der Waals surface area contributed by atoms with Gasteiger partial charge in [0.15, 0.2) is 0 Å². The third-order valence-electron chi connectivity index (χ3n) is 5.83. The van der Waals surface area contributed by atoms with Crippen LogP contribution in [0.15, 0.2) is 16.8 Å². The first-order chi connectivity index (χ1) is 10.6. The van der Waals surface area contributed by atoms with E-state index in [0.29, 0.717) is 30.0 Å². The number of hydrogen-bond acceptors (Lipinski definition) is 3. The molecule has 3 nitrogen and oxygen atoms in total. The third-order valence-corrected chi connectivity index (χ3v) is 6.53. The predicted molar refractivity (Wildman–Crippen MR) is 90.1 cm³/mol. The maximum Gasteiger partial charge on any atom is 0.226 e. The number of fused-ring (bicyclic) bond motifs is 2. The van der Waals surface area contributed by atoms with Gasteiger partial charge in [0.25, 0.3) is 0 Å². The fraction of sp³-hybridized carbons (Fsp3) is 0.722. The largest absolute Gasteiger partial charge is 0.341 e. The quantitative estimate of drug-likeness (QED) is 0.853. The number of thiophene rings is 1. The molecule has 0 aromatic carbocycles. The van der Waals surface area contributed by atoms with Crippen LogP contribution in [0.5, 0.6) is 0 Å². The van der Waals surface area contributed by atoms with Crippen LogP contribution in [0.4, 0.5) is 0 Å². The standard InChI is InChI=1S/C18H26N2OS/c1-12(2)20-14-3-4-15(20)10-19(7-5-14)18(21)17-9-16(17)13-6-8-22-11-13/h6,8,11-12,14-17H,3-5,7,9-10H2,1-2H3/t14?,15?,16-,17+/m0/s1. The lowest BCUT2D eigenvalue weighted by molar-refractivity contribution is -0.133. The van der Waals surface area contributed by atoms with Crippen LogP contribution in [0.25, 0.3) is 0 Å². The molecule has 4 atom stereocenters. The molecule has 3 heterocycles. The van der Waals surface area contributed by atoms with Crippen molar-refractivity contribution in [3.05, 3.63) is 22.4 Å². The van der Waals surface area contributed by atoms with Gasteiger partial charge in [-0.05, 0) is 67.8 Å². The molecule has 2 bridgehead atoms. The Morgan fingerprint density at radius 1 is 1.27 bits per heavy atom. The van der Waals surface area contributed by atoms with Crippen molar-refractivity contribution in [1.29, 1.82) is 0 Å². The number of carbonyl (C=O) groups is 1. The van der Waals surface area contributed by atoms with E-state index in [1.165, 1.54) is 18.4 Å². The Labute approximate surface area is 137 Å². The van der Waals surface area contributed by atoms with Gasteiger partial charge >= 0.3 is 0 Å². The fourth-order valence-corrected chi connectivity index (χ4v) is 5.44. The molecule has 22 heavy (non-hydrogen) atoms. The normalized spacial score (nSPS) is 35.0. The SMILES string of the molecule is CC(C)N1C2CCC1CN(C(=O)[C@@H]1C[C@H]1c1ccsc1)CC2. The smallest absolute Gasteiger partial charge is 0.226 e. The summed E-state index contributed by atoms with van der Waals surface area (Å²) in [4.78, 5) is 17.8. The molecule has 1 aliphatic carbocycles. The zero-order valence-corrected chi connectivity index (χ0v) is 14.4. The van der Waals surface area contributed by atoms with Gasteiger partial charge in [-0.15, -0.1) is 0 Å². The Hall–Kier alpha value is -0.870. The minimum atomic E-state index is 0.263. The highest BCUT2D eigenvalue weighted by molar-refractivity contribution is 7.08. The minimum Gasteiger partial charge on any atom is -0.341 e. The van der Waals surface area contributed by atoms with Gasteiger partial charge in [0.1, 0.15) is 0 Å². The Balaban J connectivity index is 1.43. The molecule has 3 aliphatic rings. The zero-order valence-electron chi connectivity index (χ0n) is 13.6. The number of nitrogens with zero attached hydrogens (tertiary/aromatic N) is 2. The number of carbonyl (C=O) groups excluding carboxylic acids is 1. The van der Waals surface area contributed by atoms with Gasteiger partial charge in [0.2, 0.25) is 5.91 Å². The molecule has 0 radical (unpaired) electrons. The van der Waals surface area contributed by atoms with E-state index in [4.69, 9.17) is 0 Å². The van der Waals surface area contributed by atoms with Gasteiger partial charge in [-0.2, -0.15) is 11.3 Å². The lowest BCUT2D eigenvalue weighted by Crippen LogP contribution is -2.44. The summed E-state index contributed by atoms with van der Waals surface area (Å²) in [6.45, 7) is 6.53. The van der Waals surface area contributed by atoms with Crippen LogP contribution in [0.1, 0.15) is 51.0 Å².